The average Bonchev–Trinajstić information content (AvgIpc) is 2.07. The van der Waals surface area contributed by atoms with Crippen LogP contribution >= 0.6 is 0 Å². The molecule has 0 aromatic rings. The zero-order valence-electron chi connectivity index (χ0n) is 6.47. The van der Waals surface area contributed by atoms with Crippen molar-refractivity contribution in [2.75, 3.05) is 13.3 Å². The summed E-state index contributed by atoms with van der Waals surface area (Å²) in [5.74, 6) is -0.0906. The number of nitrogens with one attached hydrogen (secondary N) is 2. The number of hydrogen-bond acceptors (Lipinski definition) is 3. The number of aliphatic hydroxyl groups excluding tert-OH is 1. The molecule has 0 bridgehead atoms. The second kappa shape index (κ2) is 4.31. The molecule has 64 valence electrons. The third kappa shape index (κ3) is 2.48. The van der Waals surface area contributed by atoms with Crippen molar-refractivity contribution in [1.82, 2.24) is 10.6 Å². The number of carbonyl (C=O) groups is 1. The van der Waals surface area contributed by atoms with Crippen molar-refractivity contribution < 1.29 is 9.90 Å². The topological polar surface area (TPSA) is 61.4 Å². The zero-order valence-corrected chi connectivity index (χ0v) is 6.47. The maximum atomic E-state index is 11.1. The first kappa shape index (κ1) is 8.49. The summed E-state index contributed by atoms with van der Waals surface area (Å²) in [6, 6.07) is -0.0871. The van der Waals surface area contributed by atoms with Crippen LogP contribution in [0.4, 0.5) is 0 Å². The zero-order chi connectivity index (χ0) is 8.10. The lowest BCUT2D eigenvalue weighted by atomic mass is 10.0. The first-order chi connectivity index (χ1) is 5.34. The van der Waals surface area contributed by atoms with Crippen LogP contribution in [0.1, 0.15) is 19.3 Å². The first-order valence-corrected chi connectivity index (χ1v) is 3.96. The maximum absolute atomic E-state index is 11.1. The van der Waals surface area contributed by atoms with Crippen LogP contribution in [0, 0.1) is 0 Å². The molecule has 0 aromatic heterocycles. The van der Waals surface area contributed by atoms with Crippen LogP contribution in [0.2, 0.25) is 0 Å². The third-order valence-electron chi connectivity index (χ3n) is 1.88. The Morgan fingerprint density at radius 1 is 1.64 bits per heavy atom. The molecule has 0 radical (unpaired) electrons. The van der Waals surface area contributed by atoms with Gasteiger partial charge in [-0.2, -0.15) is 0 Å². The molecule has 0 aromatic carbocycles. The van der Waals surface area contributed by atoms with E-state index in [0.29, 0.717) is 0 Å². The lowest BCUT2D eigenvalue weighted by molar-refractivity contribution is -0.124. The van der Waals surface area contributed by atoms with Crippen molar-refractivity contribution in [2.45, 2.75) is 25.3 Å². The van der Waals surface area contributed by atoms with Gasteiger partial charge in [-0.1, -0.05) is 6.42 Å². The van der Waals surface area contributed by atoms with E-state index >= 15 is 0 Å². The summed E-state index contributed by atoms with van der Waals surface area (Å²) in [4.78, 5) is 11.1. The molecule has 1 atom stereocenters. The second-order valence-corrected chi connectivity index (χ2v) is 2.70. The first-order valence-electron chi connectivity index (χ1n) is 3.96. The number of rotatable bonds is 2. The van der Waals surface area contributed by atoms with E-state index in [1.54, 1.807) is 0 Å². The van der Waals surface area contributed by atoms with E-state index in [2.05, 4.69) is 10.6 Å². The van der Waals surface area contributed by atoms with Gasteiger partial charge >= 0.3 is 0 Å². The molecular formula is C7H14N2O2. The van der Waals surface area contributed by atoms with Gasteiger partial charge in [-0.05, 0) is 19.4 Å². The highest BCUT2D eigenvalue weighted by atomic mass is 16.3. The molecule has 1 aliphatic rings. The molecule has 4 nitrogen and oxygen atoms in total. The predicted molar refractivity (Wildman–Crippen MR) is 40.9 cm³/mol. The Morgan fingerprint density at radius 3 is 3.00 bits per heavy atom. The molecule has 0 saturated carbocycles. The van der Waals surface area contributed by atoms with Crippen LogP contribution in [0.5, 0.6) is 0 Å². The quantitative estimate of drug-likeness (QED) is 0.461. The van der Waals surface area contributed by atoms with Gasteiger partial charge in [0.05, 0.1) is 6.04 Å². The van der Waals surface area contributed by atoms with Crippen molar-refractivity contribution in [3.8, 4) is 0 Å². The molecule has 0 aliphatic carbocycles. The molecule has 0 unspecified atom stereocenters. The van der Waals surface area contributed by atoms with Crippen LogP contribution in [-0.4, -0.2) is 30.3 Å². The fourth-order valence-electron chi connectivity index (χ4n) is 1.28. The van der Waals surface area contributed by atoms with Crippen molar-refractivity contribution in [3.63, 3.8) is 0 Å². The van der Waals surface area contributed by atoms with Gasteiger partial charge in [-0.25, -0.2) is 0 Å². The summed E-state index contributed by atoms with van der Waals surface area (Å²) in [7, 11) is 0. The predicted octanol–water partition coefficient (Wildman–Crippen LogP) is -0.806. The highest BCUT2D eigenvalue weighted by Crippen LogP contribution is 2.06. The Hall–Kier alpha value is -0.610. The van der Waals surface area contributed by atoms with Crippen LogP contribution in [0.3, 0.4) is 0 Å². The van der Waals surface area contributed by atoms with E-state index in [9.17, 15) is 4.79 Å². The van der Waals surface area contributed by atoms with Crippen LogP contribution in [0.15, 0.2) is 0 Å². The number of aliphatic hydroxyl groups is 1. The van der Waals surface area contributed by atoms with Gasteiger partial charge in [0.1, 0.15) is 6.73 Å². The number of amides is 1. The van der Waals surface area contributed by atoms with E-state index in [0.717, 1.165) is 25.8 Å². The summed E-state index contributed by atoms with van der Waals surface area (Å²) < 4.78 is 0. The van der Waals surface area contributed by atoms with Crippen LogP contribution in [0.25, 0.3) is 0 Å². The fraction of sp³-hybridized carbons (Fsp3) is 0.857. The summed E-state index contributed by atoms with van der Waals surface area (Å²) >= 11 is 0. The average molecular weight is 158 g/mol. The fourth-order valence-corrected chi connectivity index (χ4v) is 1.28. The minimum absolute atomic E-state index is 0.0871. The van der Waals surface area contributed by atoms with Crippen LogP contribution < -0.4 is 10.6 Å². The Balaban J connectivity index is 2.27. The molecular weight excluding hydrogens is 144 g/mol. The van der Waals surface area contributed by atoms with Crippen LogP contribution in [-0.2, 0) is 4.79 Å². The summed E-state index contributed by atoms with van der Waals surface area (Å²) in [5, 5.41) is 13.9. The van der Waals surface area contributed by atoms with Crippen molar-refractivity contribution in [1.29, 1.82) is 0 Å². The van der Waals surface area contributed by atoms with Crippen molar-refractivity contribution >= 4 is 5.91 Å². The monoisotopic (exact) mass is 158 g/mol. The Bertz CT molecular complexity index is 132. The molecule has 3 N–H and O–H groups in total. The van der Waals surface area contributed by atoms with Gasteiger partial charge in [0.25, 0.3) is 0 Å². The molecule has 1 saturated heterocycles. The van der Waals surface area contributed by atoms with E-state index in [1.165, 1.54) is 0 Å². The lowest BCUT2D eigenvalue weighted by Gasteiger charge is -2.21. The van der Waals surface area contributed by atoms with E-state index in [-0.39, 0.29) is 18.7 Å². The largest absolute Gasteiger partial charge is 0.376 e. The van der Waals surface area contributed by atoms with Gasteiger partial charge in [0.2, 0.25) is 5.91 Å². The SMILES string of the molecule is O=C(NCO)[C@@H]1CCCCN1. The van der Waals surface area contributed by atoms with Gasteiger partial charge in [0.15, 0.2) is 0 Å². The van der Waals surface area contributed by atoms with Gasteiger partial charge in [0, 0.05) is 0 Å². The number of carbonyl (C=O) groups excluding carboxylic acids is 1. The molecule has 11 heavy (non-hydrogen) atoms. The van der Waals surface area contributed by atoms with Gasteiger partial charge in [-0.3, -0.25) is 4.79 Å². The van der Waals surface area contributed by atoms with E-state index in [1.807, 2.05) is 0 Å². The highest BCUT2D eigenvalue weighted by Gasteiger charge is 2.19. The molecule has 1 rings (SSSR count). The van der Waals surface area contributed by atoms with Gasteiger partial charge < -0.3 is 15.7 Å². The molecule has 1 fully saturated rings. The molecule has 0 spiro atoms. The summed E-state index contributed by atoms with van der Waals surface area (Å²) in [5.41, 5.74) is 0. The summed E-state index contributed by atoms with van der Waals surface area (Å²) in [6.45, 7) is 0.639. The molecule has 4 heteroatoms. The molecule has 1 heterocycles. The Morgan fingerprint density at radius 2 is 2.45 bits per heavy atom. The normalized spacial score (nSPS) is 24.6. The molecule has 1 amide bonds. The maximum Gasteiger partial charge on any atom is 0.238 e. The smallest absolute Gasteiger partial charge is 0.238 e. The number of piperidine rings is 1. The van der Waals surface area contributed by atoms with E-state index < -0.39 is 0 Å². The van der Waals surface area contributed by atoms with Gasteiger partial charge in [-0.15, -0.1) is 0 Å². The Kier molecular flexibility index (Phi) is 3.32. The molecule has 1 aliphatic heterocycles. The van der Waals surface area contributed by atoms with Crippen molar-refractivity contribution in [3.05, 3.63) is 0 Å². The minimum atomic E-state index is -0.267. The van der Waals surface area contributed by atoms with E-state index in [4.69, 9.17) is 5.11 Å². The summed E-state index contributed by atoms with van der Waals surface area (Å²) in [6.07, 6.45) is 3.12. The second-order valence-electron chi connectivity index (χ2n) is 2.70. The number of hydrogen-bond donors (Lipinski definition) is 3. The highest BCUT2D eigenvalue weighted by molar-refractivity contribution is 5.81. The minimum Gasteiger partial charge on any atom is -0.376 e. The van der Waals surface area contributed by atoms with Crippen molar-refractivity contribution in [2.24, 2.45) is 0 Å². The Labute approximate surface area is 66.0 Å². The standard InChI is InChI=1S/C7H14N2O2/c10-5-9-7(11)6-3-1-2-4-8-6/h6,8,10H,1-5H2,(H,9,11)/t6-/m0/s1. The third-order valence-corrected chi connectivity index (χ3v) is 1.88. The lowest BCUT2D eigenvalue weighted by Crippen LogP contribution is -2.46.